The van der Waals surface area contributed by atoms with Gasteiger partial charge in [-0.25, -0.2) is 13.8 Å². The molecule has 30 heavy (non-hydrogen) atoms. The number of aliphatic imine (C=N–C) groups is 1. The van der Waals surface area contributed by atoms with Gasteiger partial charge in [-0.3, -0.25) is 4.79 Å². The van der Waals surface area contributed by atoms with Crippen LogP contribution in [0.15, 0.2) is 82.7 Å². The molecule has 0 atom stereocenters. The standard InChI is InChI=1S/C23H16F2N2O2S/c24-17-9-5-16(6-10-17)14-29-18-11-7-15(8-12-18)13-21-22(28)27-23(30-21)26-20-4-2-1-3-19(20)25/h1-13H,14H2,(H,26,27,28)/b21-13-. The number of ether oxygens (including phenoxy) is 1. The molecule has 7 heteroatoms. The maximum absolute atomic E-state index is 13.7. The Kier molecular flexibility index (Phi) is 5.90. The average molecular weight is 422 g/mol. The lowest BCUT2D eigenvalue weighted by Crippen LogP contribution is -2.19. The summed E-state index contributed by atoms with van der Waals surface area (Å²) < 4.78 is 32.4. The van der Waals surface area contributed by atoms with Crippen molar-refractivity contribution in [3.05, 3.63) is 100 Å². The Morgan fingerprint density at radius 1 is 0.967 bits per heavy atom. The highest BCUT2D eigenvalue weighted by Gasteiger charge is 2.24. The molecule has 1 saturated heterocycles. The Bertz CT molecular complexity index is 1130. The highest BCUT2D eigenvalue weighted by molar-refractivity contribution is 8.18. The number of amidine groups is 1. The van der Waals surface area contributed by atoms with Gasteiger partial charge in [0.2, 0.25) is 0 Å². The molecule has 0 aliphatic carbocycles. The Morgan fingerprint density at radius 2 is 1.70 bits per heavy atom. The van der Waals surface area contributed by atoms with Crippen LogP contribution in [0.3, 0.4) is 0 Å². The number of hydrogen-bond donors (Lipinski definition) is 1. The number of carbonyl (C=O) groups is 1. The molecule has 0 spiro atoms. The van der Waals surface area contributed by atoms with Crippen LogP contribution in [0.2, 0.25) is 0 Å². The summed E-state index contributed by atoms with van der Waals surface area (Å²) >= 11 is 1.15. The molecule has 1 N–H and O–H groups in total. The van der Waals surface area contributed by atoms with Crippen LogP contribution >= 0.6 is 11.8 Å². The molecule has 1 amide bonds. The van der Waals surface area contributed by atoms with Crippen LogP contribution in [-0.4, -0.2) is 11.1 Å². The fraction of sp³-hybridized carbons (Fsp3) is 0.0435. The minimum Gasteiger partial charge on any atom is -0.489 e. The van der Waals surface area contributed by atoms with Crippen LogP contribution in [0.1, 0.15) is 11.1 Å². The van der Waals surface area contributed by atoms with E-state index in [-0.39, 0.29) is 17.4 Å². The number of hydrogen-bond acceptors (Lipinski definition) is 4. The SMILES string of the molecule is O=C1NC(=Nc2ccccc2F)S/C1=C\c1ccc(OCc2ccc(F)cc2)cc1. The fourth-order valence-corrected chi connectivity index (χ4v) is 3.53. The maximum Gasteiger partial charge on any atom is 0.264 e. The number of nitrogens with one attached hydrogen (secondary N) is 1. The van der Waals surface area contributed by atoms with E-state index in [1.807, 2.05) is 12.1 Å². The lowest BCUT2D eigenvalue weighted by molar-refractivity contribution is -0.115. The first-order valence-electron chi connectivity index (χ1n) is 9.08. The largest absolute Gasteiger partial charge is 0.489 e. The molecule has 0 bridgehead atoms. The van der Waals surface area contributed by atoms with E-state index in [4.69, 9.17) is 4.74 Å². The maximum atomic E-state index is 13.7. The van der Waals surface area contributed by atoms with E-state index in [1.54, 1.807) is 48.5 Å². The van der Waals surface area contributed by atoms with E-state index < -0.39 is 5.82 Å². The van der Waals surface area contributed by atoms with Gasteiger partial charge in [0.15, 0.2) is 5.17 Å². The van der Waals surface area contributed by atoms with Gasteiger partial charge in [0.1, 0.15) is 29.7 Å². The molecule has 0 unspecified atom stereocenters. The highest BCUT2D eigenvalue weighted by Crippen LogP contribution is 2.29. The van der Waals surface area contributed by atoms with Gasteiger partial charge in [-0.1, -0.05) is 36.4 Å². The van der Waals surface area contributed by atoms with E-state index in [0.29, 0.717) is 22.4 Å². The average Bonchev–Trinajstić information content (AvgIpc) is 3.09. The summed E-state index contributed by atoms with van der Waals surface area (Å²) in [6, 6.07) is 19.5. The van der Waals surface area contributed by atoms with E-state index in [0.717, 1.165) is 22.9 Å². The van der Waals surface area contributed by atoms with Crippen LogP contribution in [0.4, 0.5) is 14.5 Å². The summed E-state index contributed by atoms with van der Waals surface area (Å²) in [5.41, 5.74) is 1.85. The number of thioether (sulfide) groups is 1. The van der Waals surface area contributed by atoms with Crippen molar-refractivity contribution in [1.82, 2.24) is 5.32 Å². The Morgan fingerprint density at radius 3 is 2.43 bits per heavy atom. The number of amides is 1. The molecule has 0 saturated carbocycles. The number of rotatable bonds is 5. The van der Waals surface area contributed by atoms with Crippen molar-refractivity contribution in [2.24, 2.45) is 4.99 Å². The van der Waals surface area contributed by atoms with Crippen molar-refractivity contribution in [2.75, 3.05) is 0 Å². The van der Waals surface area contributed by atoms with Gasteiger partial charge in [-0.15, -0.1) is 0 Å². The minimum atomic E-state index is -0.450. The first-order valence-corrected chi connectivity index (χ1v) is 9.90. The Balaban J connectivity index is 1.41. The van der Waals surface area contributed by atoms with Crippen molar-refractivity contribution >= 4 is 34.6 Å². The topological polar surface area (TPSA) is 50.7 Å². The second-order valence-electron chi connectivity index (χ2n) is 6.42. The molecular weight excluding hydrogens is 406 g/mol. The molecule has 4 rings (SSSR count). The number of benzene rings is 3. The summed E-state index contributed by atoms with van der Waals surface area (Å²) in [4.78, 5) is 16.8. The molecule has 1 heterocycles. The van der Waals surface area contributed by atoms with E-state index in [9.17, 15) is 13.6 Å². The first-order chi connectivity index (χ1) is 14.6. The van der Waals surface area contributed by atoms with Gasteiger partial charge in [-0.2, -0.15) is 0 Å². The Hall–Kier alpha value is -3.45. The number of para-hydroxylation sites is 1. The van der Waals surface area contributed by atoms with E-state index >= 15 is 0 Å². The molecule has 0 radical (unpaired) electrons. The molecule has 1 aliphatic heterocycles. The van der Waals surface area contributed by atoms with Crippen LogP contribution in [0.5, 0.6) is 5.75 Å². The lowest BCUT2D eigenvalue weighted by Gasteiger charge is -2.06. The summed E-state index contributed by atoms with van der Waals surface area (Å²) in [7, 11) is 0. The van der Waals surface area contributed by atoms with Crippen molar-refractivity contribution in [3.8, 4) is 5.75 Å². The van der Waals surface area contributed by atoms with E-state index in [2.05, 4.69) is 10.3 Å². The van der Waals surface area contributed by atoms with Crippen LogP contribution < -0.4 is 10.1 Å². The van der Waals surface area contributed by atoms with Crippen molar-refractivity contribution in [3.63, 3.8) is 0 Å². The second-order valence-corrected chi connectivity index (χ2v) is 7.45. The summed E-state index contributed by atoms with van der Waals surface area (Å²) in [6.07, 6.45) is 1.73. The molecule has 4 nitrogen and oxygen atoms in total. The zero-order valence-electron chi connectivity index (χ0n) is 15.6. The summed E-state index contributed by atoms with van der Waals surface area (Å²) in [5, 5.41) is 2.97. The zero-order valence-corrected chi connectivity index (χ0v) is 16.5. The molecule has 150 valence electrons. The predicted octanol–water partition coefficient (Wildman–Crippen LogP) is 5.44. The van der Waals surface area contributed by atoms with Gasteiger partial charge < -0.3 is 10.1 Å². The molecule has 3 aromatic carbocycles. The van der Waals surface area contributed by atoms with Crippen LogP contribution in [0, 0.1) is 11.6 Å². The van der Waals surface area contributed by atoms with Gasteiger partial charge in [0.25, 0.3) is 5.91 Å². The fourth-order valence-electron chi connectivity index (χ4n) is 2.69. The van der Waals surface area contributed by atoms with Crippen molar-refractivity contribution in [1.29, 1.82) is 0 Å². The van der Waals surface area contributed by atoms with Gasteiger partial charge in [0.05, 0.1) is 4.91 Å². The third-order valence-corrected chi connectivity index (χ3v) is 5.13. The van der Waals surface area contributed by atoms with Gasteiger partial charge in [0, 0.05) is 0 Å². The zero-order chi connectivity index (χ0) is 20.9. The normalized spacial score (nSPS) is 16.1. The summed E-state index contributed by atoms with van der Waals surface area (Å²) in [5.74, 6) is -0.362. The monoisotopic (exact) mass is 422 g/mol. The number of carbonyl (C=O) groups excluding carboxylic acids is 1. The number of nitrogens with zero attached hydrogens (tertiary/aromatic N) is 1. The van der Waals surface area contributed by atoms with Gasteiger partial charge in [-0.05, 0) is 65.4 Å². The van der Waals surface area contributed by atoms with Crippen LogP contribution in [-0.2, 0) is 11.4 Å². The molecule has 0 aromatic heterocycles. The van der Waals surface area contributed by atoms with E-state index in [1.165, 1.54) is 18.2 Å². The highest BCUT2D eigenvalue weighted by atomic mass is 32.2. The lowest BCUT2D eigenvalue weighted by atomic mass is 10.2. The second kappa shape index (κ2) is 8.92. The minimum absolute atomic E-state index is 0.171. The first kappa shape index (κ1) is 19.8. The Labute approximate surface area is 176 Å². The third kappa shape index (κ3) is 4.93. The molecular formula is C23H16F2N2O2S. The third-order valence-electron chi connectivity index (χ3n) is 4.22. The molecule has 3 aromatic rings. The smallest absolute Gasteiger partial charge is 0.264 e. The van der Waals surface area contributed by atoms with Crippen molar-refractivity contribution < 1.29 is 18.3 Å². The quantitative estimate of drug-likeness (QED) is 0.558. The number of halogens is 2. The molecule has 1 aliphatic rings. The predicted molar refractivity (Wildman–Crippen MR) is 114 cm³/mol. The van der Waals surface area contributed by atoms with Crippen molar-refractivity contribution in [2.45, 2.75) is 6.61 Å². The van der Waals surface area contributed by atoms with Crippen LogP contribution in [0.25, 0.3) is 6.08 Å². The molecule has 1 fully saturated rings. The summed E-state index contributed by atoms with van der Waals surface area (Å²) in [6.45, 7) is 0.328. The van der Waals surface area contributed by atoms with Gasteiger partial charge >= 0.3 is 0 Å².